The summed E-state index contributed by atoms with van der Waals surface area (Å²) in [6, 6.07) is 13.0. The molecule has 3 rings (SSSR count). The molecule has 0 spiro atoms. The summed E-state index contributed by atoms with van der Waals surface area (Å²) in [5.74, 6) is -0.321. The van der Waals surface area contributed by atoms with Gasteiger partial charge in [0.2, 0.25) is 0 Å². The highest BCUT2D eigenvalue weighted by Crippen LogP contribution is 2.31. The Labute approximate surface area is 163 Å². The topological polar surface area (TPSA) is 48.3 Å². The number of nitrogens with zero attached hydrogens (tertiary/aromatic N) is 1. The number of carbonyl (C=O) groups is 2. The molecule has 0 aliphatic heterocycles. The number of ether oxygens (including phenoxy) is 1. The number of aryl methyl sites for hydroxylation is 1. The molecule has 0 fully saturated rings. The third kappa shape index (κ3) is 3.50. The van der Waals surface area contributed by atoms with E-state index in [0.29, 0.717) is 29.2 Å². The number of halogens is 1. The average Bonchev–Trinajstić information content (AvgIpc) is 3.01. The molecule has 4 nitrogen and oxygen atoms in total. The van der Waals surface area contributed by atoms with Gasteiger partial charge in [-0.05, 0) is 35.7 Å². The predicted molar refractivity (Wildman–Crippen MR) is 108 cm³/mol. The van der Waals surface area contributed by atoms with E-state index < -0.39 is 5.97 Å². The first-order valence-electron chi connectivity index (χ1n) is 9.01. The third-order valence-corrected chi connectivity index (χ3v) is 5.18. The van der Waals surface area contributed by atoms with Gasteiger partial charge in [0.1, 0.15) is 0 Å². The molecule has 0 atom stereocenters. The second-order valence-corrected chi connectivity index (χ2v) is 6.77. The summed E-state index contributed by atoms with van der Waals surface area (Å²) in [4.78, 5) is 24.8. The maximum atomic E-state index is 12.8. The zero-order valence-corrected chi connectivity index (χ0v) is 16.5. The van der Waals surface area contributed by atoms with Crippen LogP contribution >= 0.6 is 11.6 Å². The number of methoxy groups -OCH3 is 1. The third-order valence-electron chi connectivity index (χ3n) is 4.82. The SMILES string of the molecule is CCC(=O)c1c(CC)c2ccc(C(=O)OC)cc2n1Cc1ccccc1Cl. The van der Waals surface area contributed by atoms with Gasteiger partial charge in [-0.25, -0.2) is 4.79 Å². The van der Waals surface area contributed by atoms with Gasteiger partial charge < -0.3 is 9.30 Å². The number of ketones is 1. The number of esters is 1. The highest BCUT2D eigenvalue weighted by atomic mass is 35.5. The van der Waals surface area contributed by atoms with Crippen LogP contribution in [0.3, 0.4) is 0 Å². The number of benzene rings is 2. The number of Topliss-reactive ketones (excluding diaryl/α,β-unsaturated/α-hetero) is 1. The van der Waals surface area contributed by atoms with Gasteiger partial charge in [0.05, 0.1) is 23.9 Å². The molecule has 5 heteroatoms. The molecule has 27 heavy (non-hydrogen) atoms. The quantitative estimate of drug-likeness (QED) is 0.429. The molecule has 0 radical (unpaired) electrons. The summed E-state index contributed by atoms with van der Waals surface area (Å²) >= 11 is 6.36. The molecule has 0 aliphatic carbocycles. The number of hydrogen-bond donors (Lipinski definition) is 0. The monoisotopic (exact) mass is 383 g/mol. The first-order valence-corrected chi connectivity index (χ1v) is 9.39. The van der Waals surface area contributed by atoms with E-state index >= 15 is 0 Å². The Bertz CT molecular complexity index is 1020. The Balaban J connectivity index is 2.30. The van der Waals surface area contributed by atoms with Gasteiger partial charge in [-0.2, -0.15) is 0 Å². The highest BCUT2D eigenvalue weighted by Gasteiger charge is 2.22. The van der Waals surface area contributed by atoms with Crippen LogP contribution in [0.15, 0.2) is 42.5 Å². The van der Waals surface area contributed by atoms with Crippen LogP contribution in [0.2, 0.25) is 5.02 Å². The molecular formula is C22H22ClNO3. The molecule has 2 aromatic carbocycles. The van der Waals surface area contributed by atoms with Gasteiger partial charge >= 0.3 is 5.97 Å². The van der Waals surface area contributed by atoms with Crippen molar-refractivity contribution in [3.05, 3.63) is 69.9 Å². The van der Waals surface area contributed by atoms with Crippen molar-refractivity contribution in [2.45, 2.75) is 33.2 Å². The zero-order chi connectivity index (χ0) is 19.6. The fourth-order valence-corrected chi connectivity index (χ4v) is 3.67. The lowest BCUT2D eigenvalue weighted by molar-refractivity contribution is 0.0600. The van der Waals surface area contributed by atoms with Gasteiger partial charge in [0, 0.05) is 23.4 Å². The van der Waals surface area contributed by atoms with Crippen LogP contribution in [0.1, 0.15) is 52.2 Å². The minimum Gasteiger partial charge on any atom is -0.465 e. The first-order chi connectivity index (χ1) is 13.0. The van der Waals surface area contributed by atoms with Gasteiger partial charge in [0.25, 0.3) is 0 Å². The van der Waals surface area contributed by atoms with Gasteiger partial charge in [-0.3, -0.25) is 4.79 Å². The Morgan fingerprint density at radius 1 is 1.11 bits per heavy atom. The van der Waals surface area contributed by atoms with E-state index in [-0.39, 0.29) is 5.78 Å². The molecule has 140 valence electrons. The van der Waals surface area contributed by atoms with Crippen LogP contribution in [-0.4, -0.2) is 23.4 Å². The predicted octanol–water partition coefficient (Wildman–Crippen LogP) is 5.28. The lowest BCUT2D eigenvalue weighted by Gasteiger charge is -2.12. The van der Waals surface area contributed by atoms with E-state index in [1.807, 2.05) is 48.7 Å². The van der Waals surface area contributed by atoms with E-state index in [1.54, 1.807) is 12.1 Å². The van der Waals surface area contributed by atoms with Crippen LogP contribution in [-0.2, 0) is 17.7 Å². The molecule has 0 unspecified atom stereocenters. The first kappa shape index (κ1) is 19.2. The molecule has 0 saturated heterocycles. The Hall–Kier alpha value is -2.59. The van der Waals surface area contributed by atoms with Crippen LogP contribution in [0, 0.1) is 0 Å². The number of rotatable bonds is 6. The number of fused-ring (bicyclic) bond motifs is 1. The normalized spacial score (nSPS) is 11.0. The summed E-state index contributed by atoms with van der Waals surface area (Å²) in [5, 5.41) is 1.63. The number of hydrogen-bond acceptors (Lipinski definition) is 3. The van der Waals surface area contributed by atoms with Crippen LogP contribution in [0.25, 0.3) is 10.9 Å². The summed E-state index contributed by atoms with van der Waals surface area (Å²) in [7, 11) is 1.36. The highest BCUT2D eigenvalue weighted by molar-refractivity contribution is 6.31. The van der Waals surface area contributed by atoms with Crippen molar-refractivity contribution in [2.24, 2.45) is 0 Å². The van der Waals surface area contributed by atoms with Gasteiger partial charge in [0.15, 0.2) is 5.78 Å². The molecule has 0 N–H and O–H groups in total. The zero-order valence-electron chi connectivity index (χ0n) is 15.7. The molecule has 0 amide bonds. The maximum Gasteiger partial charge on any atom is 0.337 e. The van der Waals surface area contributed by atoms with Crippen molar-refractivity contribution in [3.63, 3.8) is 0 Å². The minimum atomic E-state index is -0.399. The number of aromatic nitrogens is 1. The molecule has 3 aromatic rings. The fourth-order valence-electron chi connectivity index (χ4n) is 3.47. The lowest BCUT2D eigenvalue weighted by atomic mass is 10.0. The minimum absolute atomic E-state index is 0.0784. The van der Waals surface area contributed by atoms with Crippen molar-refractivity contribution in [2.75, 3.05) is 7.11 Å². The Morgan fingerprint density at radius 3 is 2.48 bits per heavy atom. The Kier molecular flexibility index (Phi) is 5.66. The molecule has 1 heterocycles. The van der Waals surface area contributed by atoms with E-state index in [9.17, 15) is 9.59 Å². The summed E-state index contributed by atoms with van der Waals surface area (Å²) in [5.41, 5.74) is 3.91. The van der Waals surface area contributed by atoms with E-state index in [1.165, 1.54) is 7.11 Å². The van der Waals surface area contributed by atoms with E-state index in [2.05, 4.69) is 0 Å². The second kappa shape index (κ2) is 7.97. The fraction of sp³-hybridized carbons (Fsp3) is 0.273. The summed E-state index contributed by atoms with van der Waals surface area (Å²) in [6.45, 7) is 4.36. The molecule has 0 aliphatic rings. The molecule has 1 aromatic heterocycles. The van der Waals surface area contributed by atoms with Crippen molar-refractivity contribution in [1.29, 1.82) is 0 Å². The molecular weight excluding hydrogens is 362 g/mol. The van der Waals surface area contributed by atoms with Crippen LogP contribution < -0.4 is 0 Å². The maximum absolute atomic E-state index is 12.8. The Morgan fingerprint density at radius 2 is 1.85 bits per heavy atom. The van der Waals surface area contributed by atoms with Crippen LogP contribution in [0.5, 0.6) is 0 Å². The smallest absolute Gasteiger partial charge is 0.337 e. The second-order valence-electron chi connectivity index (χ2n) is 6.36. The standard InChI is InChI=1S/C22H22ClNO3/c1-4-16-17-11-10-14(22(26)27-3)12-19(17)24(21(16)20(25)5-2)13-15-8-6-7-9-18(15)23/h6-12H,4-5,13H2,1-3H3. The summed E-state index contributed by atoms with van der Waals surface area (Å²) < 4.78 is 6.84. The van der Waals surface area contributed by atoms with Crippen molar-refractivity contribution in [3.8, 4) is 0 Å². The van der Waals surface area contributed by atoms with Crippen LogP contribution in [0.4, 0.5) is 0 Å². The lowest BCUT2D eigenvalue weighted by Crippen LogP contribution is -2.12. The largest absolute Gasteiger partial charge is 0.465 e. The van der Waals surface area contributed by atoms with Gasteiger partial charge in [-0.1, -0.05) is 49.7 Å². The van der Waals surface area contributed by atoms with Crippen molar-refractivity contribution >= 4 is 34.3 Å². The summed E-state index contributed by atoms with van der Waals surface area (Å²) in [6.07, 6.45) is 1.14. The molecule has 0 bridgehead atoms. The van der Waals surface area contributed by atoms with Crippen molar-refractivity contribution in [1.82, 2.24) is 4.57 Å². The average molecular weight is 384 g/mol. The van der Waals surface area contributed by atoms with E-state index in [4.69, 9.17) is 16.3 Å². The van der Waals surface area contributed by atoms with E-state index in [0.717, 1.165) is 28.5 Å². The molecule has 0 saturated carbocycles. The number of carbonyl (C=O) groups excluding carboxylic acids is 2. The van der Waals surface area contributed by atoms with Crippen molar-refractivity contribution < 1.29 is 14.3 Å². The van der Waals surface area contributed by atoms with Gasteiger partial charge in [-0.15, -0.1) is 0 Å².